The molecule has 0 saturated heterocycles. The maximum atomic E-state index is 13.5. The number of hydrogen-bond donors (Lipinski definition) is 2. The van der Waals surface area contributed by atoms with E-state index in [1.54, 1.807) is 74.5 Å². The van der Waals surface area contributed by atoms with Gasteiger partial charge in [-0.05, 0) is 54.8 Å². The van der Waals surface area contributed by atoms with Gasteiger partial charge in [0.1, 0.15) is 15.6 Å². The van der Waals surface area contributed by atoms with Gasteiger partial charge in [-0.3, -0.25) is 9.59 Å². The number of halogens is 7. The van der Waals surface area contributed by atoms with Crippen LogP contribution in [0.1, 0.15) is 11.1 Å². The molecule has 0 radical (unpaired) electrons. The van der Waals surface area contributed by atoms with Crippen LogP contribution in [0.25, 0.3) is 11.1 Å². The fourth-order valence-electron chi connectivity index (χ4n) is 4.32. The van der Waals surface area contributed by atoms with E-state index in [0.717, 1.165) is 29.1 Å². The molecule has 2 N–H and O–H groups in total. The van der Waals surface area contributed by atoms with Crippen LogP contribution in [-0.4, -0.2) is 48.9 Å². The molecule has 0 aromatic heterocycles. The molecule has 0 fully saturated rings. The lowest BCUT2D eigenvalue weighted by atomic mass is 10.0. The highest BCUT2D eigenvalue weighted by atomic mass is 32.2. The van der Waals surface area contributed by atoms with E-state index >= 15 is 0 Å². The first-order valence-corrected chi connectivity index (χ1v) is 15.8. The van der Waals surface area contributed by atoms with Gasteiger partial charge in [0.15, 0.2) is 0 Å². The SMILES string of the molecule is Cc1cc(-c2ccccc2NC(=O)C2=C(C(F)(F)F)OCCS2)ccc1F.Cc1ccccc1NC(=O)C1=C(C(F)(F)F)OCCS1. The number of alkyl halides is 6. The maximum Gasteiger partial charge on any atom is 0.450 e. The molecule has 2 aliphatic heterocycles. The first-order valence-electron chi connectivity index (χ1n) is 13.8. The zero-order chi connectivity index (χ0) is 34.4. The first kappa shape index (κ1) is 35.7. The second-order valence-corrected chi connectivity index (χ2v) is 12.1. The molecule has 2 amide bonds. The van der Waals surface area contributed by atoms with E-state index < -0.39 is 45.5 Å². The van der Waals surface area contributed by atoms with Gasteiger partial charge in [-0.15, -0.1) is 23.5 Å². The number of aryl methyl sites for hydroxylation is 2. The summed E-state index contributed by atoms with van der Waals surface area (Å²) in [6, 6.07) is 18.0. The Morgan fingerprint density at radius 2 is 1.17 bits per heavy atom. The third-order valence-corrected chi connectivity index (χ3v) is 8.59. The minimum Gasteiger partial charge on any atom is -0.487 e. The van der Waals surface area contributed by atoms with Crippen LogP contribution < -0.4 is 10.6 Å². The van der Waals surface area contributed by atoms with Crippen molar-refractivity contribution in [2.75, 3.05) is 35.4 Å². The average molecular weight is 701 g/mol. The molecule has 0 unspecified atom stereocenters. The van der Waals surface area contributed by atoms with Crippen LogP contribution in [0.2, 0.25) is 0 Å². The van der Waals surface area contributed by atoms with Crippen LogP contribution in [0.15, 0.2) is 88.1 Å². The minimum absolute atomic E-state index is 0.0549. The van der Waals surface area contributed by atoms with E-state index in [9.17, 15) is 40.3 Å². The van der Waals surface area contributed by atoms with E-state index in [-0.39, 0.29) is 24.8 Å². The predicted octanol–water partition coefficient (Wildman–Crippen LogP) is 8.75. The fraction of sp³-hybridized carbons (Fsp3) is 0.250. The topological polar surface area (TPSA) is 76.7 Å². The van der Waals surface area contributed by atoms with Crippen LogP contribution in [0, 0.1) is 19.7 Å². The van der Waals surface area contributed by atoms with Gasteiger partial charge < -0.3 is 20.1 Å². The number of carbonyl (C=O) groups excluding carboxylic acids is 2. The lowest BCUT2D eigenvalue weighted by molar-refractivity contribution is -0.133. The highest BCUT2D eigenvalue weighted by Gasteiger charge is 2.43. The van der Waals surface area contributed by atoms with E-state index in [2.05, 4.69) is 20.1 Å². The fourth-order valence-corrected chi connectivity index (χ4v) is 6.04. The molecule has 0 atom stereocenters. The highest BCUT2D eigenvalue weighted by molar-refractivity contribution is 8.04. The maximum absolute atomic E-state index is 13.5. The van der Waals surface area contributed by atoms with Crippen LogP contribution >= 0.6 is 23.5 Å². The molecule has 0 aliphatic carbocycles. The van der Waals surface area contributed by atoms with Gasteiger partial charge in [0, 0.05) is 28.4 Å². The smallest absolute Gasteiger partial charge is 0.450 e. The molecule has 0 spiro atoms. The summed E-state index contributed by atoms with van der Waals surface area (Å²) >= 11 is 1.66. The van der Waals surface area contributed by atoms with E-state index in [0.29, 0.717) is 33.8 Å². The molecule has 2 heterocycles. The standard InChI is InChI=1S/C19H15F4NO2S.C13H12F3NO2S/c1-11-10-12(6-7-14(11)20)13-4-2-3-5-15(13)24-18(25)16-17(19(21,22)23)26-8-9-27-16;1-8-4-2-3-5-9(8)17-12(18)10-11(13(14,15)16)19-6-7-20-10/h2-7,10H,8-9H2,1H3,(H,24,25);2-5H,6-7H2,1H3,(H,17,18). The molecular weight excluding hydrogens is 673 g/mol. The Kier molecular flexibility index (Phi) is 11.6. The van der Waals surface area contributed by atoms with E-state index in [4.69, 9.17) is 0 Å². The number of benzene rings is 3. The Bertz CT molecular complexity index is 1710. The summed E-state index contributed by atoms with van der Waals surface area (Å²) in [6.45, 7) is 3.21. The summed E-state index contributed by atoms with van der Waals surface area (Å²) in [7, 11) is 0. The summed E-state index contributed by atoms with van der Waals surface area (Å²) in [4.78, 5) is 23.6. The molecule has 0 bridgehead atoms. The molecule has 5 rings (SSSR count). The third kappa shape index (κ3) is 9.25. The van der Waals surface area contributed by atoms with Crippen LogP contribution in [-0.2, 0) is 19.1 Å². The van der Waals surface area contributed by atoms with Crippen LogP contribution in [0.4, 0.5) is 42.1 Å². The number of amides is 2. The van der Waals surface area contributed by atoms with Crippen molar-refractivity contribution in [1.29, 1.82) is 0 Å². The third-order valence-electron chi connectivity index (χ3n) is 6.53. The van der Waals surface area contributed by atoms with E-state index in [1.807, 2.05) is 0 Å². The zero-order valence-corrected chi connectivity index (χ0v) is 26.4. The molecule has 47 heavy (non-hydrogen) atoms. The molecule has 250 valence electrons. The van der Waals surface area contributed by atoms with Gasteiger partial charge in [0.2, 0.25) is 11.5 Å². The van der Waals surface area contributed by atoms with Crippen LogP contribution in [0.3, 0.4) is 0 Å². The highest BCUT2D eigenvalue weighted by Crippen LogP contribution is 2.39. The van der Waals surface area contributed by atoms with Gasteiger partial charge in [-0.2, -0.15) is 26.3 Å². The molecular formula is C32H27F7N2O4S2. The Morgan fingerprint density at radius 3 is 1.68 bits per heavy atom. The van der Waals surface area contributed by atoms with Crippen molar-refractivity contribution in [3.8, 4) is 11.1 Å². The van der Waals surface area contributed by atoms with Crippen molar-refractivity contribution in [2.45, 2.75) is 26.2 Å². The largest absolute Gasteiger partial charge is 0.487 e. The lowest BCUT2D eigenvalue weighted by Crippen LogP contribution is -2.26. The summed E-state index contributed by atoms with van der Waals surface area (Å²) in [5.41, 5.74) is 3.22. The van der Waals surface area contributed by atoms with Crippen molar-refractivity contribution in [3.63, 3.8) is 0 Å². The molecule has 2 aliphatic rings. The van der Waals surface area contributed by atoms with Crippen molar-refractivity contribution >= 4 is 46.7 Å². The summed E-state index contributed by atoms with van der Waals surface area (Å²) < 4.78 is 101. The predicted molar refractivity (Wildman–Crippen MR) is 168 cm³/mol. The number of rotatable bonds is 5. The summed E-state index contributed by atoms with van der Waals surface area (Å²) in [5.74, 6) is -3.96. The van der Waals surface area contributed by atoms with Crippen LogP contribution in [0.5, 0.6) is 0 Å². The number of allylic oxidation sites excluding steroid dienone is 2. The first-order chi connectivity index (χ1) is 22.2. The number of ether oxygens (including phenoxy) is 2. The Balaban J connectivity index is 0.000000223. The van der Waals surface area contributed by atoms with Crippen molar-refractivity contribution in [2.24, 2.45) is 0 Å². The Labute approximate surface area is 273 Å². The molecule has 3 aromatic carbocycles. The number of anilines is 2. The second-order valence-electron chi connectivity index (χ2n) is 9.94. The number of thioether (sulfide) groups is 2. The number of nitrogens with one attached hydrogen (secondary N) is 2. The van der Waals surface area contributed by atoms with Gasteiger partial charge in [0.05, 0.1) is 13.2 Å². The van der Waals surface area contributed by atoms with Crippen molar-refractivity contribution < 1.29 is 49.8 Å². The van der Waals surface area contributed by atoms with Gasteiger partial charge >= 0.3 is 12.4 Å². The second kappa shape index (κ2) is 15.2. The molecule has 6 nitrogen and oxygen atoms in total. The summed E-state index contributed by atoms with van der Waals surface area (Å²) in [6.07, 6.45) is -9.40. The quantitative estimate of drug-likeness (QED) is 0.260. The minimum atomic E-state index is -4.74. The number of hydrogen-bond acceptors (Lipinski definition) is 6. The van der Waals surface area contributed by atoms with Crippen molar-refractivity contribution in [3.05, 3.63) is 105 Å². The Morgan fingerprint density at radius 1 is 0.681 bits per heavy atom. The molecule has 3 aromatic rings. The lowest BCUT2D eigenvalue weighted by Gasteiger charge is -2.22. The number of para-hydroxylation sites is 2. The van der Waals surface area contributed by atoms with Gasteiger partial charge in [0.25, 0.3) is 11.8 Å². The zero-order valence-electron chi connectivity index (χ0n) is 24.8. The number of carbonyl (C=O) groups is 2. The summed E-state index contributed by atoms with van der Waals surface area (Å²) in [5, 5.41) is 5.01. The molecule has 15 heteroatoms. The van der Waals surface area contributed by atoms with Crippen molar-refractivity contribution in [1.82, 2.24) is 0 Å². The average Bonchev–Trinajstić information content (AvgIpc) is 3.03. The normalized spacial score (nSPS) is 15.2. The monoisotopic (exact) mass is 700 g/mol. The van der Waals surface area contributed by atoms with Gasteiger partial charge in [-0.1, -0.05) is 42.5 Å². The Hall–Kier alpha value is -4.11. The van der Waals surface area contributed by atoms with Gasteiger partial charge in [-0.25, -0.2) is 4.39 Å². The van der Waals surface area contributed by atoms with E-state index in [1.165, 1.54) is 6.07 Å². The molecule has 0 saturated carbocycles.